The van der Waals surface area contributed by atoms with Crippen molar-refractivity contribution in [3.05, 3.63) is 24.3 Å². The van der Waals surface area contributed by atoms with Gasteiger partial charge in [-0.25, -0.2) is 4.99 Å². The molecule has 0 aromatic heterocycles. The van der Waals surface area contributed by atoms with Crippen LogP contribution in [-0.4, -0.2) is 44.2 Å². The number of hydrogen-bond donors (Lipinski definition) is 1. The highest BCUT2D eigenvalue weighted by molar-refractivity contribution is 5.78. The summed E-state index contributed by atoms with van der Waals surface area (Å²) in [4.78, 5) is 6.52. The van der Waals surface area contributed by atoms with Crippen molar-refractivity contribution >= 4 is 5.96 Å². The van der Waals surface area contributed by atoms with Crippen molar-refractivity contribution in [2.75, 3.05) is 33.4 Å². The molecule has 20 heavy (non-hydrogen) atoms. The molecule has 0 bridgehead atoms. The van der Waals surface area contributed by atoms with Crippen LogP contribution in [0, 0.1) is 0 Å². The van der Waals surface area contributed by atoms with Crippen LogP contribution in [0.1, 0.15) is 19.3 Å². The quantitative estimate of drug-likeness (QED) is 0.507. The van der Waals surface area contributed by atoms with Gasteiger partial charge >= 0.3 is 0 Å². The first kappa shape index (κ1) is 14.5. The van der Waals surface area contributed by atoms with Crippen molar-refractivity contribution in [1.82, 2.24) is 4.90 Å². The molecule has 0 aliphatic carbocycles. The Morgan fingerprint density at radius 3 is 2.75 bits per heavy atom. The molecule has 1 saturated heterocycles. The second-order valence-electron chi connectivity index (χ2n) is 4.82. The van der Waals surface area contributed by atoms with Gasteiger partial charge in [0.25, 0.3) is 0 Å². The Morgan fingerprint density at radius 2 is 2.00 bits per heavy atom. The maximum Gasteiger partial charge on any atom is 0.191 e. The Balaban J connectivity index is 1.74. The van der Waals surface area contributed by atoms with Crippen molar-refractivity contribution in [2.24, 2.45) is 10.7 Å². The van der Waals surface area contributed by atoms with Crippen LogP contribution in [0.2, 0.25) is 0 Å². The molecule has 0 saturated carbocycles. The molecule has 1 aliphatic heterocycles. The highest BCUT2D eigenvalue weighted by atomic mass is 16.5. The minimum Gasteiger partial charge on any atom is -0.497 e. The number of nitrogens with two attached hydrogens (primary N) is 1. The number of aliphatic imine (C=N–C) groups is 1. The third-order valence-corrected chi connectivity index (χ3v) is 3.36. The summed E-state index contributed by atoms with van der Waals surface area (Å²) in [6, 6.07) is 7.55. The fraction of sp³-hybridized carbons (Fsp3) is 0.533. The van der Waals surface area contributed by atoms with Crippen LogP contribution in [0.3, 0.4) is 0 Å². The van der Waals surface area contributed by atoms with Crippen molar-refractivity contribution in [2.45, 2.75) is 19.3 Å². The van der Waals surface area contributed by atoms with E-state index in [1.165, 1.54) is 19.3 Å². The molecule has 1 aromatic rings. The van der Waals surface area contributed by atoms with Gasteiger partial charge in [-0.15, -0.1) is 0 Å². The smallest absolute Gasteiger partial charge is 0.191 e. The normalized spacial score (nSPS) is 16.1. The van der Waals surface area contributed by atoms with E-state index in [2.05, 4.69) is 9.89 Å². The monoisotopic (exact) mass is 277 g/mol. The van der Waals surface area contributed by atoms with Gasteiger partial charge < -0.3 is 20.1 Å². The van der Waals surface area contributed by atoms with Gasteiger partial charge in [-0.3, -0.25) is 0 Å². The zero-order valence-electron chi connectivity index (χ0n) is 12.0. The number of benzene rings is 1. The van der Waals surface area contributed by atoms with Gasteiger partial charge in [-0.1, -0.05) is 6.07 Å². The molecule has 0 atom stereocenters. The molecule has 0 radical (unpaired) electrons. The van der Waals surface area contributed by atoms with E-state index in [1.807, 2.05) is 24.3 Å². The molecule has 0 amide bonds. The van der Waals surface area contributed by atoms with Crippen LogP contribution in [0.4, 0.5) is 0 Å². The molecule has 5 heteroatoms. The van der Waals surface area contributed by atoms with Crippen LogP contribution < -0.4 is 15.2 Å². The minimum atomic E-state index is 0.516. The summed E-state index contributed by atoms with van der Waals surface area (Å²) in [6.07, 6.45) is 3.70. The molecular weight excluding hydrogens is 254 g/mol. The molecular formula is C15H23N3O2. The van der Waals surface area contributed by atoms with Crippen LogP contribution >= 0.6 is 0 Å². The topological polar surface area (TPSA) is 60.1 Å². The van der Waals surface area contributed by atoms with Gasteiger partial charge in [0, 0.05) is 19.2 Å². The molecule has 1 fully saturated rings. The second-order valence-corrected chi connectivity index (χ2v) is 4.82. The van der Waals surface area contributed by atoms with Gasteiger partial charge in [-0.05, 0) is 31.4 Å². The van der Waals surface area contributed by atoms with Crippen LogP contribution in [0.25, 0.3) is 0 Å². The van der Waals surface area contributed by atoms with E-state index < -0.39 is 0 Å². The Hall–Kier alpha value is -1.91. The van der Waals surface area contributed by atoms with Gasteiger partial charge in [0.1, 0.15) is 18.1 Å². The first-order chi connectivity index (χ1) is 9.79. The number of rotatable bonds is 5. The molecule has 2 rings (SSSR count). The lowest BCUT2D eigenvalue weighted by atomic mass is 10.1. The average molecular weight is 277 g/mol. The lowest BCUT2D eigenvalue weighted by Crippen LogP contribution is -2.41. The van der Waals surface area contributed by atoms with E-state index in [-0.39, 0.29) is 0 Å². The largest absolute Gasteiger partial charge is 0.497 e. The van der Waals surface area contributed by atoms with Gasteiger partial charge in [0.2, 0.25) is 0 Å². The Kier molecular flexibility index (Phi) is 5.53. The average Bonchev–Trinajstić information content (AvgIpc) is 2.52. The van der Waals surface area contributed by atoms with E-state index in [9.17, 15) is 0 Å². The first-order valence-corrected chi connectivity index (χ1v) is 7.11. The summed E-state index contributed by atoms with van der Waals surface area (Å²) in [5.41, 5.74) is 5.97. The van der Waals surface area contributed by atoms with Crippen molar-refractivity contribution in [1.29, 1.82) is 0 Å². The van der Waals surface area contributed by atoms with Gasteiger partial charge in [-0.2, -0.15) is 0 Å². The van der Waals surface area contributed by atoms with E-state index in [0.29, 0.717) is 19.1 Å². The van der Waals surface area contributed by atoms with Crippen molar-refractivity contribution < 1.29 is 9.47 Å². The fourth-order valence-electron chi connectivity index (χ4n) is 2.24. The van der Waals surface area contributed by atoms with Crippen LogP contribution in [0.5, 0.6) is 11.5 Å². The van der Waals surface area contributed by atoms with Crippen LogP contribution in [0.15, 0.2) is 29.3 Å². The molecule has 0 spiro atoms. The number of ether oxygens (including phenoxy) is 2. The van der Waals surface area contributed by atoms with Crippen molar-refractivity contribution in [3.63, 3.8) is 0 Å². The number of nitrogens with zero attached hydrogens (tertiary/aromatic N) is 2. The van der Waals surface area contributed by atoms with E-state index >= 15 is 0 Å². The summed E-state index contributed by atoms with van der Waals surface area (Å²) < 4.78 is 10.8. The molecule has 2 N–H and O–H groups in total. The summed E-state index contributed by atoms with van der Waals surface area (Å²) in [7, 11) is 1.64. The number of likely N-dealkylation sites (tertiary alicyclic amines) is 1. The molecule has 0 unspecified atom stereocenters. The fourth-order valence-corrected chi connectivity index (χ4v) is 2.24. The van der Waals surface area contributed by atoms with Gasteiger partial charge in [0.15, 0.2) is 5.96 Å². The predicted molar refractivity (Wildman–Crippen MR) is 80.4 cm³/mol. The Labute approximate surface area is 120 Å². The summed E-state index contributed by atoms with van der Waals surface area (Å²) in [5, 5.41) is 0. The molecule has 110 valence electrons. The summed E-state index contributed by atoms with van der Waals surface area (Å²) in [5.74, 6) is 2.22. The zero-order chi connectivity index (χ0) is 14.2. The van der Waals surface area contributed by atoms with Gasteiger partial charge in [0.05, 0.1) is 13.7 Å². The van der Waals surface area contributed by atoms with Crippen molar-refractivity contribution in [3.8, 4) is 11.5 Å². The lowest BCUT2D eigenvalue weighted by Gasteiger charge is -2.27. The number of methoxy groups -OCH3 is 1. The second kappa shape index (κ2) is 7.62. The van der Waals surface area contributed by atoms with E-state index in [0.717, 1.165) is 24.6 Å². The first-order valence-electron chi connectivity index (χ1n) is 7.11. The van der Waals surface area contributed by atoms with Crippen LogP contribution in [-0.2, 0) is 0 Å². The predicted octanol–water partition coefficient (Wildman–Crippen LogP) is 1.87. The summed E-state index contributed by atoms with van der Waals surface area (Å²) >= 11 is 0. The third kappa shape index (κ3) is 4.33. The Bertz CT molecular complexity index is 442. The number of guanidine groups is 1. The van der Waals surface area contributed by atoms with E-state index in [4.69, 9.17) is 15.2 Å². The molecule has 1 heterocycles. The SMILES string of the molecule is COc1cccc(OCCN=C(N)N2CCCCC2)c1. The zero-order valence-corrected chi connectivity index (χ0v) is 12.0. The maximum atomic E-state index is 5.97. The molecule has 1 aliphatic rings. The third-order valence-electron chi connectivity index (χ3n) is 3.36. The lowest BCUT2D eigenvalue weighted by molar-refractivity contribution is 0.319. The minimum absolute atomic E-state index is 0.516. The standard InChI is InChI=1S/C15H23N3O2/c1-19-13-6-5-7-14(12-13)20-11-8-17-15(16)18-9-3-2-4-10-18/h5-7,12H,2-4,8-11H2,1H3,(H2,16,17). The molecule has 5 nitrogen and oxygen atoms in total. The highest BCUT2D eigenvalue weighted by Crippen LogP contribution is 2.18. The number of hydrogen-bond acceptors (Lipinski definition) is 3. The summed E-state index contributed by atoms with van der Waals surface area (Å²) in [6.45, 7) is 3.12. The Morgan fingerprint density at radius 1 is 1.25 bits per heavy atom. The maximum absolute atomic E-state index is 5.97. The number of piperidine rings is 1. The highest BCUT2D eigenvalue weighted by Gasteiger charge is 2.11. The molecule has 1 aromatic carbocycles. The van der Waals surface area contributed by atoms with E-state index in [1.54, 1.807) is 7.11 Å².